The first-order valence-electron chi connectivity index (χ1n) is 20.8. The van der Waals surface area contributed by atoms with Gasteiger partial charge in [-0.25, -0.2) is 0 Å². The van der Waals surface area contributed by atoms with Crippen molar-refractivity contribution in [2.75, 3.05) is 13.2 Å². The van der Waals surface area contributed by atoms with E-state index in [9.17, 15) is 14.7 Å². The number of carbonyl (C=O) groups excluding carboxylic acids is 2. The average Bonchev–Trinajstić information content (AvgIpc) is 3.12. The highest BCUT2D eigenvalue weighted by Gasteiger charge is 2.16. The van der Waals surface area contributed by atoms with Crippen LogP contribution in [-0.2, 0) is 19.1 Å². The number of allylic oxidation sites excluding steroid dienone is 10. The van der Waals surface area contributed by atoms with Gasteiger partial charge in [-0.15, -0.1) is 0 Å². The molecule has 0 aliphatic heterocycles. The second-order valence-corrected chi connectivity index (χ2v) is 13.7. The minimum absolute atomic E-state index is 0.0806. The summed E-state index contributed by atoms with van der Waals surface area (Å²) in [5, 5.41) is 9.56. The number of aliphatic hydroxyl groups excluding tert-OH is 1. The van der Waals surface area contributed by atoms with Gasteiger partial charge in [-0.05, 0) is 83.5 Å². The molecule has 5 heteroatoms. The highest BCUT2D eigenvalue weighted by Crippen LogP contribution is 2.12. The Morgan fingerprint density at radius 2 is 0.800 bits per heavy atom. The van der Waals surface area contributed by atoms with E-state index >= 15 is 0 Å². The van der Waals surface area contributed by atoms with Crippen molar-refractivity contribution < 1.29 is 24.2 Å². The van der Waals surface area contributed by atoms with Crippen LogP contribution >= 0.6 is 0 Å². The van der Waals surface area contributed by atoms with Crippen LogP contribution in [0, 0.1) is 0 Å². The summed E-state index contributed by atoms with van der Waals surface area (Å²) >= 11 is 0. The Balaban J connectivity index is 3.62. The molecule has 0 bridgehead atoms. The largest absolute Gasteiger partial charge is 0.462 e. The van der Waals surface area contributed by atoms with Gasteiger partial charge in [-0.2, -0.15) is 0 Å². The van der Waals surface area contributed by atoms with E-state index in [1.54, 1.807) is 0 Å². The minimum Gasteiger partial charge on any atom is -0.462 e. The molecule has 0 aromatic heterocycles. The fourth-order valence-electron chi connectivity index (χ4n) is 5.59. The molecule has 1 atom stereocenters. The van der Waals surface area contributed by atoms with Gasteiger partial charge in [0.25, 0.3) is 0 Å². The summed E-state index contributed by atoms with van der Waals surface area (Å²) in [7, 11) is 0. The summed E-state index contributed by atoms with van der Waals surface area (Å²) in [5.74, 6) is -0.624. The number of aliphatic hydroxyl groups is 1. The van der Waals surface area contributed by atoms with E-state index in [0.717, 1.165) is 70.6 Å². The third kappa shape index (κ3) is 38.4. The van der Waals surface area contributed by atoms with Gasteiger partial charge in [0, 0.05) is 12.8 Å². The molecule has 5 nitrogen and oxygen atoms in total. The zero-order valence-electron chi connectivity index (χ0n) is 32.6. The maximum absolute atomic E-state index is 12.2. The Labute approximate surface area is 309 Å². The van der Waals surface area contributed by atoms with Crippen LogP contribution in [0.3, 0.4) is 0 Å². The van der Waals surface area contributed by atoms with Crippen molar-refractivity contribution >= 4 is 11.9 Å². The van der Waals surface area contributed by atoms with Crippen molar-refractivity contribution in [2.24, 2.45) is 0 Å². The van der Waals surface area contributed by atoms with E-state index in [4.69, 9.17) is 9.47 Å². The summed E-state index contributed by atoms with van der Waals surface area (Å²) in [6.07, 6.45) is 52.8. The van der Waals surface area contributed by atoms with Crippen LogP contribution in [0.15, 0.2) is 60.8 Å². The summed E-state index contributed by atoms with van der Waals surface area (Å²) in [6.45, 7) is 4.07. The van der Waals surface area contributed by atoms with Crippen LogP contribution in [0.25, 0.3) is 0 Å². The minimum atomic E-state index is -0.786. The van der Waals surface area contributed by atoms with Crippen molar-refractivity contribution in [3.05, 3.63) is 60.8 Å². The van der Waals surface area contributed by atoms with Crippen LogP contribution in [0.5, 0.6) is 0 Å². The Bertz CT molecular complexity index is 884. The zero-order valence-corrected chi connectivity index (χ0v) is 32.6. The number of hydrogen-bond acceptors (Lipinski definition) is 5. The predicted molar refractivity (Wildman–Crippen MR) is 214 cm³/mol. The molecular formula is C45H78O5. The molecule has 0 rings (SSSR count). The standard InChI is InChI=1S/C45H78O5/c1-3-5-7-9-11-13-15-17-19-20-21-22-23-24-26-28-30-32-34-36-38-40-45(48)50-43(41-46)42-49-44(47)39-37-35-33-31-29-27-25-18-16-14-12-10-8-6-4-2/h12,14-15,17-18,20-21,23-25,43,46H,3-11,13,16,19,22,26-42H2,1-2H3/b14-12-,17-15-,21-20-,24-23-,25-18-. The number of rotatable bonds is 37. The third-order valence-corrected chi connectivity index (χ3v) is 8.78. The number of unbranched alkanes of at least 4 members (excludes halogenated alkanes) is 19. The van der Waals surface area contributed by atoms with Gasteiger partial charge in [0.2, 0.25) is 0 Å². The van der Waals surface area contributed by atoms with E-state index in [1.165, 1.54) is 96.3 Å². The number of ether oxygens (including phenoxy) is 2. The van der Waals surface area contributed by atoms with E-state index in [-0.39, 0.29) is 25.2 Å². The van der Waals surface area contributed by atoms with Crippen molar-refractivity contribution in [1.82, 2.24) is 0 Å². The molecule has 0 aliphatic carbocycles. The molecule has 50 heavy (non-hydrogen) atoms. The summed E-state index contributed by atoms with van der Waals surface area (Å²) in [5.41, 5.74) is 0. The second kappa shape index (κ2) is 41.0. The van der Waals surface area contributed by atoms with E-state index < -0.39 is 6.10 Å². The predicted octanol–water partition coefficient (Wildman–Crippen LogP) is 13.2. The molecule has 0 heterocycles. The lowest BCUT2D eigenvalue weighted by Crippen LogP contribution is -2.28. The van der Waals surface area contributed by atoms with Crippen LogP contribution < -0.4 is 0 Å². The highest BCUT2D eigenvalue weighted by atomic mass is 16.6. The van der Waals surface area contributed by atoms with Gasteiger partial charge < -0.3 is 14.6 Å². The van der Waals surface area contributed by atoms with E-state index in [0.29, 0.717) is 12.8 Å². The smallest absolute Gasteiger partial charge is 0.306 e. The van der Waals surface area contributed by atoms with Gasteiger partial charge in [0.05, 0.1) is 6.61 Å². The van der Waals surface area contributed by atoms with Gasteiger partial charge in [-0.3, -0.25) is 9.59 Å². The molecule has 0 fully saturated rings. The lowest BCUT2D eigenvalue weighted by molar-refractivity contribution is -0.161. The maximum atomic E-state index is 12.2. The first-order valence-corrected chi connectivity index (χ1v) is 20.8. The molecule has 1 N–H and O–H groups in total. The SMILES string of the molecule is CCCCC/C=C\C/C=C\CCCCCCCC(=O)OCC(CO)OC(=O)CCCCCCCC/C=C\C/C=C\C/C=C\CCCCCCC. The second-order valence-electron chi connectivity index (χ2n) is 13.7. The average molecular weight is 699 g/mol. The normalized spacial score (nSPS) is 12.8. The van der Waals surface area contributed by atoms with Crippen LogP contribution in [0.4, 0.5) is 0 Å². The Kier molecular flexibility index (Phi) is 39.1. The highest BCUT2D eigenvalue weighted by molar-refractivity contribution is 5.70. The summed E-state index contributed by atoms with van der Waals surface area (Å²) in [4.78, 5) is 24.3. The van der Waals surface area contributed by atoms with E-state index in [1.807, 2.05) is 0 Å². The lowest BCUT2D eigenvalue weighted by atomic mass is 10.1. The monoisotopic (exact) mass is 699 g/mol. The molecule has 1 unspecified atom stereocenters. The van der Waals surface area contributed by atoms with Crippen molar-refractivity contribution in [3.8, 4) is 0 Å². The van der Waals surface area contributed by atoms with Gasteiger partial charge in [-0.1, -0.05) is 158 Å². The molecule has 0 radical (unpaired) electrons. The molecule has 0 spiro atoms. The van der Waals surface area contributed by atoms with Crippen LogP contribution in [0.2, 0.25) is 0 Å². The molecule has 0 aromatic carbocycles. The molecule has 0 saturated heterocycles. The van der Waals surface area contributed by atoms with Crippen LogP contribution in [-0.4, -0.2) is 36.4 Å². The van der Waals surface area contributed by atoms with Crippen LogP contribution in [0.1, 0.15) is 194 Å². The Morgan fingerprint density at radius 3 is 1.24 bits per heavy atom. The molecule has 0 aliphatic rings. The van der Waals surface area contributed by atoms with Crippen molar-refractivity contribution in [1.29, 1.82) is 0 Å². The third-order valence-electron chi connectivity index (χ3n) is 8.78. The quantitative estimate of drug-likeness (QED) is 0.0397. The Hall–Kier alpha value is -2.40. The van der Waals surface area contributed by atoms with E-state index in [2.05, 4.69) is 74.6 Å². The van der Waals surface area contributed by atoms with Crippen molar-refractivity contribution in [2.45, 2.75) is 200 Å². The summed E-state index contributed by atoms with van der Waals surface area (Å²) in [6, 6.07) is 0. The number of carbonyl (C=O) groups is 2. The number of esters is 2. The maximum Gasteiger partial charge on any atom is 0.306 e. The zero-order chi connectivity index (χ0) is 36.4. The number of hydrogen-bond donors (Lipinski definition) is 1. The molecular weight excluding hydrogens is 620 g/mol. The van der Waals surface area contributed by atoms with Gasteiger partial charge in [0.15, 0.2) is 6.10 Å². The topological polar surface area (TPSA) is 72.8 Å². The van der Waals surface area contributed by atoms with Gasteiger partial charge >= 0.3 is 11.9 Å². The molecule has 0 saturated carbocycles. The van der Waals surface area contributed by atoms with Crippen molar-refractivity contribution in [3.63, 3.8) is 0 Å². The van der Waals surface area contributed by atoms with Gasteiger partial charge in [0.1, 0.15) is 6.61 Å². The molecule has 0 aromatic rings. The molecule has 0 amide bonds. The fourth-order valence-corrected chi connectivity index (χ4v) is 5.59. The first-order chi connectivity index (χ1) is 24.6. The fraction of sp³-hybridized carbons (Fsp3) is 0.733. The lowest BCUT2D eigenvalue weighted by Gasteiger charge is -2.15. The summed E-state index contributed by atoms with van der Waals surface area (Å²) < 4.78 is 10.6. The first kappa shape index (κ1) is 47.6. The Morgan fingerprint density at radius 1 is 0.460 bits per heavy atom. The molecule has 288 valence electrons.